The molecule has 0 bridgehead atoms. The Balaban J connectivity index is 0.000000600. The first-order chi connectivity index (χ1) is 48.7. The number of aromatic amines is 1. The zero-order chi connectivity index (χ0) is 80.9. The van der Waals surface area contributed by atoms with Gasteiger partial charge in [-0.3, -0.25) is 38.4 Å². The van der Waals surface area contributed by atoms with Crippen molar-refractivity contribution in [2.45, 2.75) is 315 Å². The number of H-pyrrole nitrogens is 1. The molecule has 1 aromatic rings. The Hall–Kier alpha value is -3.87. The Kier molecular flexibility index (Phi) is 46.0. The summed E-state index contributed by atoms with van der Waals surface area (Å²) in [5.74, 6) is 11.9. The lowest BCUT2D eigenvalue weighted by molar-refractivity contribution is -0.155. The molecule has 1 aliphatic carbocycles. The third-order valence-electron chi connectivity index (χ3n) is 22.6. The van der Waals surface area contributed by atoms with Crippen molar-refractivity contribution in [2.24, 2.45) is 130 Å². The first kappa shape index (κ1) is 99.1. The Morgan fingerprint density at radius 3 is 1.21 bits per heavy atom. The molecule has 17 nitrogen and oxygen atoms in total. The molecule has 1 amide bonds. The molecule has 6 saturated heterocycles. The molecule has 4 N–H and O–H groups in total. The van der Waals surface area contributed by atoms with E-state index in [0.29, 0.717) is 149 Å². The highest BCUT2D eigenvalue weighted by Gasteiger charge is 2.41. The fraction of sp³-hybridized carbons (Fsp3) is 0.875. The second-order valence-electron chi connectivity index (χ2n) is 37.0. The van der Waals surface area contributed by atoms with Gasteiger partial charge >= 0.3 is 0 Å². The van der Waals surface area contributed by atoms with Crippen LogP contribution in [0.1, 0.15) is 290 Å². The van der Waals surface area contributed by atoms with Gasteiger partial charge in [0.2, 0.25) is 5.91 Å². The van der Waals surface area contributed by atoms with Crippen LogP contribution < -0.4 is 21.5 Å². The normalized spacial score (nSPS) is 27.7. The second-order valence-corrected chi connectivity index (χ2v) is 37.0. The van der Waals surface area contributed by atoms with Crippen LogP contribution in [0.3, 0.4) is 0 Å². The molecule has 14 unspecified atom stereocenters. The van der Waals surface area contributed by atoms with E-state index in [1.54, 1.807) is 6.07 Å². The number of ether oxygens (including phenoxy) is 3. The van der Waals surface area contributed by atoms with Gasteiger partial charge in [0.15, 0.2) is 17.3 Å². The number of hydrogen-bond donors (Lipinski definition) is 4. The van der Waals surface area contributed by atoms with Crippen LogP contribution in [0.5, 0.6) is 0 Å². The lowest BCUT2D eigenvalue weighted by Crippen LogP contribution is -2.58. The molecule has 1 aromatic heterocycles. The van der Waals surface area contributed by atoms with Gasteiger partial charge in [0.05, 0.1) is 37.1 Å². The summed E-state index contributed by atoms with van der Waals surface area (Å²) in [4.78, 5) is 104. The van der Waals surface area contributed by atoms with Crippen LogP contribution in [0.15, 0.2) is 10.9 Å². The molecule has 17 heteroatoms. The second kappa shape index (κ2) is 48.7. The molecular formula is C88H162N6O11. The molecule has 1 saturated carbocycles. The van der Waals surface area contributed by atoms with Crippen molar-refractivity contribution in [1.29, 1.82) is 0 Å². The summed E-state index contributed by atoms with van der Waals surface area (Å²) in [5, 5.41) is 9.92. The number of nitrogens with one attached hydrogen (secondary N) is 4. The molecule has 7 heterocycles. The fourth-order valence-electron chi connectivity index (χ4n) is 15.2. The molecule has 0 radical (unpaired) electrons. The van der Waals surface area contributed by atoms with Crippen molar-refractivity contribution in [3.05, 3.63) is 27.9 Å². The number of piperazine rings is 1. The van der Waals surface area contributed by atoms with Gasteiger partial charge in [0.1, 0.15) is 35.4 Å². The number of rotatable bonds is 16. The molecule has 105 heavy (non-hydrogen) atoms. The van der Waals surface area contributed by atoms with Crippen LogP contribution in [-0.4, -0.2) is 144 Å². The van der Waals surface area contributed by atoms with Crippen molar-refractivity contribution in [2.75, 3.05) is 52.5 Å². The molecule has 610 valence electrons. The van der Waals surface area contributed by atoms with E-state index in [1.165, 1.54) is 6.42 Å². The van der Waals surface area contributed by atoms with Crippen molar-refractivity contribution in [3.8, 4) is 0 Å². The van der Waals surface area contributed by atoms with Crippen LogP contribution in [0.25, 0.3) is 0 Å². The van der Waals surface area contributed by atoms with E-state index in [-0.39, 0.29) is 89.2 Å². The number of aromatic nitrogens is 2. The number of Topliss-reactive ketones (excluding diaryl/α,β-unsaturated/α-hetero) is 6. The highest BCUT2D eigenvalue weighted by Crippen LogP contribution is 2.36. The predicted octanol–water partition coefficient (Wildman–Crippen LogP) is 16.8. The van der Waals surface area contributed by atoms with Crippen molar-refractivity contribution < 1.29 is 47.8 Å². The Morgan fingerprint density at radius 2 is 0.810 bits per heavy atom. The van der Waals surface area contributed by atoms with E-state index < -0.39 is 0 Å². The minimum absolute atomic E-state index is 0.0242. The Labute approximate surface area is 642 Å². The van der Waals surface area contributed by atoms with Gasteiger partial charge in [-0.25, -0.2) is 4.98 Å². The van der Waals surface area contributed by atoms with Crippen molar-refractivity contribution in [1.82, 2.24) is 30.8 Å². The van der Waals surface area contributed by atoms with E-state index in [2.05, 4.69) is 213 Å². The average molecular weight is 1480 g/mol. The Morgan fingerprint density at radius 1 is 0.410 bits per heavy atom. The van der Waals surface area contributed by atoms with Crippen LogP contribution in [0, 0.1) is 130 Å². The number of piperidine rings is 2. The maximum absolute atomic E-state index is 12.0. The molecule has 7 aliphatic rings. The number of hydrogen-bond acceptors (Lipinski definition) is 15. The largest absolute Gasteiger partial charge is 0.380 e. The highest BCUT2D eigenvalue weighted by molar-refractivity contribution is 5.89. The van der Waals surface area contributed by atoms with E-state index in [4.69, 9.17) is 14.2 Å². The standard InChI is InChI=1S/C12H22O2.C12H22O.2C11H21NO.2C11H20O2.C10H20N2O.C10H16N2O/c1-7(2)10-6-9(5)14-12(8(3)4)11(10)13;1-8(2)10-6-5-7-11(9(3)4)12(10)13;1-7(2)9-5-12-6-10(8(3)4)11(9)13;1-7(2)9-5-6-12-10(8(3)4)11(9)13;1-7(2)9-5-13-6-10(8(3)4)11(9)12;1-7(2)9-5-6-13-11(8(3)4)10(9)12;1-7(2)9-10(13)12(8(3)4)6-5-11-9;1-6(2)8-5-9(13)12-10(11-8)7(3)4/h7-10,12H,6H2,1-5H3;8-11H,5-7H2,1-4H3;2*7-10,12H,5-6H2,1-4H3;7-10H,5-6H2,1-4H3;2*7-9,11H,5-6H2,1-4H3;5-7H,1-4H3,(H,11,12,13). The lowest BCUT2D eigenvalue weighted by Gasteiger charge is -2.37. The summed E-state index contributed by atoms with van der Waals surface area (Å²) in [6, 6.07) is 2.02. The third-order valence-corrected chi connectivity index (χ3v) is 22.6. The molecule has 6 aliphatic heterocycles. The first-order valence-corrected chi connectivity index (χ1v) is 41.8. The quantitative estimate of drug-likeness (QED) is 0.121. The zero-order valence-electron chi connectivity index (χ0n) is 73.2. The summed E-state index contributed by atoms with van der Waals surface area (Å²) in [5.41, 5.74) is 0.815. The van der Waals surface area contributed by atoms with E-state index in [9.17, 15) is 38.4 Å². The van der Waals surface area contributed by atoms with E-state index in [0.717, 1.165) is 83.0 Å². The van der Waals surface area contributed by atoms with Gasteiger partial charge in [-0.1, -0.05) is 214 Å². The fourth-order valence-corrected chi connectivity index (χ4v) is 15.2. The monoisotopic (exact) mass is 1480 g/mol. The van der Waals surface area contributed by atoms with Crippen LogP contribution in [0.2, 0.25) is 0 Å². The average Bonchev–Trinajstić information content (AvgIpc) is 0.727. The van der Waals surface area contributed by atoms with E-state index in [1.807, 2.05) is 46.4 Å². The van der Waals surface area contributed by atoms with Crippen molar-refractivity contribution >= 4 is 40.6 Å². The lowest BCUT2D eigenvalue weighted by atomic mass is 9.71. The van der Waals surface area contributed by atoms with Crippen molar-refractivity contribution in [3.63, 3.8) is 0 Å². The minimum Gasteiger partial charge on any atom is -0.380 e. The van der Waals surface area contributed by atoms with Gasteiger partial charge in [-0.2, -0.15) is 0 Å². The molecule has 0 aromatic carbocycles. The van der Waals surface area contributed by atoms with Crippen LogP contribution in [0.4, 0.5) is 0 Å². The van der Waals surface area contributed by atoms with E-state index >= 15 is 0 Å². The van der Waals surface area contributed by atoms with Gasteiger partial charge in [-0.05, 0) is 142 Å². The molecular weight excluding hydrogens is 1320 g/mol. The third kappa shape index (κ3) is 32.5. The smallest absolute Gasteiger partial charge is 0.251 e. The summed E-state index contributed by atoms with van der Waals surface area (Å²) >= 11 is 0. The first-order valence-electron chi connectivity index (χ1n) is 41.8. The maximum Gasteiger partial charge on any atom is 0.251 e. The molecule has 14 atom stereocenters. The molecule has 0 spiro atoms. The highest BCUT2D eigenvalue weighted by atomic mass is 16.5. The van der Waals surface area contributed by atoms with Crippen LogP contribution in [-0.2, 0) is 47.8 Å². The summed E-state index contributed by atoms with van der Waals surface area (Å²) < 4.78 is 16.6. The van der Waals surface area contributed by atoms with Gasteiger partial charge in [0, 0.05) is 104 Å². The summed E-state index contributed by atoms with van der Waals surface area (Å²) in [7, 11) is 0. The summed E-state index contributed by atoms with van der Waals surface area (Å²) in [6.45, 7) is 75.8. The molecule has 7 fully saturated rings. The number of carbonyl (C=O) groups is 7. The molecule has 8 rings (SSSR count). The van der Waals surface area contributed by atoms with Gasteiger partial charge < -0.3 is 40.0 Å². The van der Waals surface area contributed by atoms with Gasteiger partial charge in [0.25, 0.3) is 5.56 Å². The zero-order valence-corrected chi connectivity index (χ0v) is 73.2. The minimum atomic E-state index is -0.175. The maximum atomic E-state index is 12.0. The topological polar surface area (TPSA) is 232 Å². The summed E-state index contributed by atoms with van der Waals surface area (Å²) in [6.07, 6.45) is 6.20. The Bertz CT molecular complexity index is 2280. The number of nitrogens with zero attached hydrogens (tertiary/aromatic N) is 2. The SMILES string of the molecule is CC(C)C1CCCC(C(C)C)C1=O.CC(C)C1CCNC(C(C)C)C1=O.CC(C)C1CCOC(C(C)C)C1=O.CC(C)C1CNCC(C(C)C)C1=O.CC(C)C1COCC(C(C)C)C1=O.CC(C)C1NCCN(C(C)C)C1=O.CC(C)c1cc(=O)[nH]c(C(C)C)n1.CC1CC(C(C)C)C(=O)C(C(C)C)O1. The number of ketones is 6. The predicted molar refractivity (Wildman–Crippen MR) is 433 cm³/mol. The number of amides is 1. The van der Waals surface area contributed by atoms with Crippen LogP contribution >= 0.6 is 0 Å². The van der Waals surface area contributed by atoms with Gasteiger partial charge in [-0.15, -0.1) is 0 Å². The number of carbonyl (C=O) groups excluding carboxylic acids is 7.